The monoisotopic (exact) mass is 300 g/mol. The second-order valence-corrected chi connectivity index (χ2v) is 5.48. The van der Waals surface area contributed by atoms with Crippen LogP contribution in [0.15, 0.2) is 35.1 Å². The molecule has 104 valence electrons. The number of fused-ring (bicyclic) bond motifs is 2. The van der Waals surface area contributed by atoms with Gasteiger partial charge in [-0.25, -0.2) is 4.98 Å². The van der Waals surface area contributed by atoms with Gasteiger partial charge in [-0.15, -0.1) is 0 Å². The van der Waals surface area contributed by atoms with Gasteiger partial charge >= 0.3 is 0 Å². The van der Waals surface area contributed by atoms with E-state index in [1.54, 1.807) is 12.1 Å². The molecule has 6 nitrogen and oxygen atoms in total. The van der Waals surface area contributed by atoms with Crippen molar-refractivity contribution in [2.45, 2.75) is 6.92 Å². The first-order valence-electron chi connectivity index (χ1n) is 6.00. The summed E-state index contributed by atoms with van der Waals surface area (Å²) < 4.78 is -0.330. The zero-order chi connectivity index (χ0) is 15.1. The Hall–Kier alpha value is -2.67. The summed E-state index contributed by atoms with van der Waals surface area (Å²) in [5.41, 5.74) is 0.651. The molecule has 0 aliphatic carbocycles. The first-order valence-corrected chi connectivity index (χ1v) is 6.81. The lowest BCUT2D eigenvalue weighted by atomic mass is 10.1. The first-order chi connectivity index (χ1) is 9.95. The Bertz CT molecular complexity index is 978. The Kier molecular flexibility index (Phi) is 2.99. The van der Waals surface area contributed by atoms with Gasteiger partial charge < -0.3 is 0 Å². The van der Waals surface area contributed by atoms with Gasteiger partial charge in [-0.05, 0) is 25.1 Å². The Morgan fingerprint density at radius 1 is 1.24 bits per heavy atom. The molecule has 0 radical (unpaired) electrons. The number of carbonyl (C=O) groups is 1. The number of ketones is 1. The number of hydrogen-bond donors (Lipinski definition) is 0. The number of pyridine rings is 1. The third kappa shape index (κ3) is 2.27. The molecule has 0 aliphatic heterocycles. The Morgan fingerprint density at radius 3 is 2.67 bits per heavy atom. The summed E-state index contributed by atoms with van der Waals surface area (Å²) in [6, 6.07) is 7.52. The summed E-state index contributed by atoms with van der Waals surface area (Å²) in [4.78, 5) is 38.4. The minimum Gasteiger partial charge on any atom is -0.294 e. The molecule has 3 aromatic rings. The highest BCUT2D eigenvalue weighted by Gasteiger charge is 2.11. The molecule has 0 fully saturated rings. The van der Waals surface area contributed by atoms with E-state index in [-0.39, 0.29) is 21.8 Å². The molecule has 2 heterocycles. The highest BCUT2D eigenvalue weighted by molar-refractivity contribution is 7.16. The molecule has 7 heteroatoms. The van der Waals surface area contributed by atoms with E-state index in [0.29, 0.717) is 21.1 Å². The minimum atomic E-state index is -0.478. The molecule has 2 aromatic heterocycles. The largest absolute Gasteiger partial charge is 0.294 e. The topological polar surface area (TPSA) is 90.2 Å². The van der Waals surface area contributed by atoms with Crippen molar-refractivity contribution in [3.05, 3.63) is 55.5 Å². The zero-order valence-corrected chi connectivity index (χ0v) is 11.6. The van der Waals surface area contributed by atoms with Gasteiger partial charge in [0.1, 0.15) is 4.83 Å². The van der Waals surface area contributed by atoms with E-state index in [2.05, 4.69) is 4.98 Å². The maximum atomic E-state index is 11.8. The summed E-state index contributed by atoms with van der Waals surface area (Å²) in [5.74, 6) is -0.308. The van der Waals surface area contributed by atoms with Gasteiger partial charge in [-0.2, -0.15) is 0 Å². The maximum absolute atomic E-state index is 11.8. The molecule has 0 unspecified atom stereocenters. The SMILES string of the molecule is CC(=O)c1cc2cc3cc([N+](=O)[O-])ccc3nc2sc1=O. The van der Waals surface area contributed by atoms with Crippen molar-refractivity contribution in [1.82, 2.24) is 4.98 Å². The number of Topliss-reactive ketones (excluding diaryl/α,β-unsaturated/α-hetero) is 1. The van der Waals surface area contributed by atoms with Gasteiger partial charge in [-0.3, -0.25) is 19.7 Å². The van der Waals surface area contributed by atoms with Crippen LogP contribution in [0.3, 0.4) is 0 Å². The highest BCUT2D eigenvalue weighted by atomic mass is 32.1. The molecule has 0 saturated carbocycles. The lowest BCUT2D eigenvalue weighted by Crippen LogP contribution is -2.08. The minimum absolute atomic E-state index is 0.0282. The van der Waals surface area contributed by atoms with Gasteiger partial charge in [0.25, 0.3) is 5.69 Å². The fraction of sp³-hybridized carbons (Fsp3) is 0.0714. The lowest BCUT2D eigenvalue weighted by Gasteiger charge is -2.02. The van der Waals surface area contributed by atoms with Crippen molar-refractivity contribution in [3.8, 4) is 0 Å². The predicted molar refractivity (Wildman–Crippen MR) is 80.1 cm³/mol. The predicted octanol–water partition coefficient (Wildman–Crippen LogP) is 2.92. The molecule has 0 atom stereocenters. The molecular weight excluding hydrogens is 292 g/mol. The van der Waals surface area contributed by atoms with E-state index in [9.17, 15) is 19.7 Å². The number of aromatic nitrogens is 1. The Balaban J connectivity index is 2.35. The molecule has 21 heavy (non-hydrogen) atoms. The number of nitro benzene ring substituents is 1. The molecule has 0 amide bonds. The van der Waals surface area contributed by atoms with Gasteiger partial charge in [0.2, 0.25) is 4.74 Å². The summed E-state index contributed by atoms with van der Waals surface area (Å²) in [6.45, 7) is 1.33. The Labute approximate surface area is 121 Å². The van der Waals surface area contributed by atoms with Crippen LogP contribution in [-0.2, 0) is 0 Å². The maximum Gasteiger partial charge on any atom is 0.270 e. The summed E-state index contributed by atoms with van der Waals surface area (Å²) >= 11 is 0.901. The number of nitro groups is 1. The van der Waals surface area contributed by atoms with E-state index in [4.69, 9.17) is 0 Å². The average Bonchev–Trinajstić information content (AvgIpc) is 2.43. The van der Waals surface area contributed by atoms with Gasteiger partial charge in [0.15, 0.2) is 5.78 Å². The second-order valence-electron chi connectivity index (χ2n) is 4.52. The van der Waals surface area contributed by atoms with Crippen LogP contribution < -0.4 is 4.74 Å². The van der Waals surface area contributed by atoms with Crippen LogP contribution in [-0.4, -0.2) is 15.7 Å². The van der Waals surface area contributed by atoms with Crippen LogP contribution >= 0.6 is 11.3 Å². The van der Waals surface area contributed by atoms with E-state index in [1.807, 2.05) is 0 Å². The van der Waals surface area contributed by atoms with Gasteiger partial charge in [0, 0.05) is 22.9 Å². The van der Waals surface area contributed by atoms with Crippen molar-refractivity contribution in [3.63, 3.8) is 0 Å². The summed E-state index contributed by atoms with van der Waals surface area (Å²) in [5, 5.41) is 12.0. The number of carbonyl (C=O) groups excluding carboxylic acids is 1. The van der Waals surface area contributed by atoms with Crippen LogP contribution in [0.5, 0.6) is 0 Å². The fourth-order valence-corrected chi connectivity index (χ4v) is 2.93. The lowest BCUT2D eigenvalue weighted by molar-refractivity contribution is -0.384. The number of non-ortho nitro benzene ring substituents is 1. The van der Waals surface area contributed by atoms with Crippen molar-refractivity contribution in [1.29, 1.82) is 0 Å². The quantitative estimate of drug-likeness (QED) is 0.314. The molecular formula is C14H8N2O4S. The Morgan fingerprint density at radius 2 is 2.00 bits per heavy atom. The highest BCUT2D eigenvalue weighted by Crippen LogP contribution is 2.25. The van der Waals surface area contributed by atoms with Crippen LogP contribution in [0.2, 0.25) is 0 Å². The number of hydrogen-bond acceptors (Lipinski definition) is 6. The van der Waals surface area contributed by atoms with Gasteiger partial charge in [0.05, 0.1) is 16.0 Å². The third-order valence-corrected chi connectivity index (χ3v) is 4.02. The smallest absolute Gasteiger partial charge is 0.270 e. The van der Waals surface area contributed by atoms with Crippen LogP contribution in [0, 0.1) is 10.1 Å². The van der Waals surface area contributed by atoms with Gasteiger partial charge in [-0.1, -0.05) is 11.3 Å². The van der Waals surface area contributed by atoms with E-state index in [1.165, 1.54) is 25.1 Å². The van der Waals surface area contributed by atoms with Crippen molar-refractivity contribution >= 4 is 43.9 Å². The molecule has 0 aliphatic rings. The first kappa shape index (κ1) is 13.3. The van der Waals surface area contributed by atoms with Crippen LogP contribution in [0.1, 0.15) is 17.3 Å². The summed E-state index contributed by atoms with van der Waals surface area (Å²) in [7, 11) is 0. The molecule has 0 N–H and O–H groups in total. The normalized spacial score (nSPS) is 10.9. The standard InChI is InChI=1S/C14H8N2O4S/c1-7(17)11-6-9-4-8-5-10(16(19)20)2-3-12(8)15-13(9)21-14(11)18/h2-6H,1H3. The number of rotatable bonds is 2. The third-order valence-electron chi connectivity index (χ3n) is 3.09. The van der Waals surface area contributed by atoms with E-state index in [0.717, 1.165) is 11.3 Å². The molecule has 3 rings (SSSR count). The molecule has 0 saturated heterocycles. The second kappa shape index (κ2) is 4.71. The molecule has 1 aromatic carbocycles. The molecule has 0 spiro atoms. The van der Waals surface area contributed by atoms with Crippen LogP contribution in [0.25, 0.3) is 21.1 Å². The summed E-state index contributed by atoms with van der Waals surface area (Å²) in [6.07, 6.45) is 0. The number of benzene rings is 1. The molecule has 0 bridgehead atoms. The van der Waals surface area contributed by atoms with Crippen molar-refractivity contribution < 1.29 is 9.72 Å². The van der Waals surface area contributed by atoms with E-state index < -0.39 is 4.92 Å². The van der Waals surface area contributed by atoms with E-state index >= 15 is 0 Å². The average molecular weight is 300 g/mol. The van der Waals surface area contributed by atoms with Crippen LogP contribution in [0.4, 0.5) is 5.69 Å². The van der Waals surface area contributed by atoms with Crippen molar-refractivity contribution in [2.75, 3.05) is 0 Å². The van der Waals surface area contributed by atoms with Crippen molar-refractivity contribution in [2.24, 2.45) is 0 Å². The fourth-order valence-electron chi connectivity index (χ4n) is 2.06. The zero-order valence-electron chi connectivity index (χ0n) is 10.8. The number of nitrogens with zero attached hydrogens (tertiary/aromatic N) is 2.